The molecule has 4 rings (SSSR count). The smallest absolute Gasteiger partial charge is 0.158 e. The van der Waals surface area contributed by atoms with Gasteiger partial charge in [0.15, 0.2) is 5.60 Å². The molecule has 0 saturated heterocycles. The van der Waals surface area contributed by atoms with E-state index in [0.29, 0.717) is 17.9 Å². The molecular formula is C17H15BrN2O3. The van der Waals surface area contributed by atoms with Gasteiger partial charge in [-0.1, -0.05) is 18.2 Å². The molecule has 1 aromatic carbocycles. The number of hydrogen-bond acceptors (Lipinski definition) is 4. The molecule has 1 aliphatic rings. The first kappa shape index (κ1) is 14.7. The van der Waals surface area contributed by atoms with Gasteiger partial charge in [-0.05, 0) is 34.1 Å². The highest BCUT2D eigenvalue weighted by Crippen LogP contribution is 2.40. The van der Waals surface area contributed by atoms with Crippen molar-refractivity contribution in [2.45, 2.75) is 12.2 Å². The number of para-hydroxylation sites is 1. The van der Waals surface area contributed by atoms with Crippen molar-refractivity contribution in [3.8, 4) is 5.75 Å². The number of halogens is 1. The number of nitrogens with zero attached hydrogens (tertiary/aromatic N) is 2. The van der Waals surface area contributed by atoms with Gasteiger partial charge in [0.05, 0.1) is 31.7 Å². The molecule has 1 atom stereocenters. The fourth-order valence-corrected chi connectivity index (χ4v) is 3.50. The second kappa shape index (κ2) is 5.33. The number of pyridine rings is 1. The molecule has 0 amide bonds. The number of rotatable bonds is 2. The topological polar surface area (TPSA) is 56.0 Å². The van der Waals surface area contributed by atoms with Gasteiger partial charge in [-0.15, -0.1) is 0 Å². The van der Waals surface area contributed by atoms with E-state index in [-0.39, 0.29) is 6.61 Å². The summed E-state index contributed by atoms with van der Waals surface area (Å²) in [6, 6.07) is 11.3. The quantitative estimate of drug-likeness (QED) is 0.749. The first-order valence-corrected chi connectivity index (χ1v) is 8.03. The Balaban J connectivity index is 2.03. The average Bonchev–Trinajstić information content (AvgIpc) is 2.94. The molecule has 3 aromatic rings. The lowest BCUT2D eigenvalue weighted by atomic mass is 9.87. The lowest BCUT2D eigenvalue weighted by Crippen LogP contribution is -2.38. The van der Waals surface area contributed by atoms with Crippen molar-refractivity contribution in [3.63, 3.8) is 0 Å². The fraction of sp³-hybridized carbons (Fsp3) is 0.235. The summed E-state index contributed by atoms with van der Waals surface area (Å²) in [5.41, 5.74) is 1.59. The number of aromatic nitrogens is 2. The monoisotopic (exact) mass is 374 g/mol. The highest BCUT2D eigenvalue weighted by molar-refractivity contribution is 9.10. The van der Waals surface area contributed by atoms with E-state index < -0.39 is 5.60 Å². The Labute approximate surface area is 141 Å². The molecule has 3 heterocycles. The number of methoxy groups -OCH3 is 1. The maximum atomic E-state index is 11.5. The maximum absolute atomic E-state index is 11.5. The zero-order chi connectivity index (χ0) is 16.0. The number of hydrogen-bond donors (Lipinski definition) is 1. The Hall–Kier alpha value is -1.89. The molecule has 0 bridgehead atoms. The number of benzene rings is 1. The molecule has 0 aliphatic carbocycles. The molecular weight excluding hydrogens is 360 g/mol. The van der Waals surface area contributed by atoms with Crippen molar-refractivity contribution in [1.82, 2.24) is 9.38 Å². The van der Waals surface area contributed by atoms with Gasteiger partial charge in [0.25, 0.3) is 0 Å². The van der Waals surface area contributed by atoms with Crippen LogP contribution in [0.5, 0.6) is 5.75 Å². The third-order valence-corrected chi connectivity index (χ3v) is 4.62. The minimum absolute atomic E-state index is 0.153. The van der Waals surface area contributed by atoms with Crippen molar-refractivity contribution < 1.29 is 14.6 Å². The van der Waals surface area contributed by atoms with Crippen LogP contribution in [-0.4, -0.2) is 28.2 Å². The van der Waals surface area contributed by atoms with Crippen molar-refractivity contribution >= 4 is 21.6 Å². The average molecular weight is 375 g/mol. The van der Waals surface area contributed by atoms with Crippen LogP contribution in [0.4, 0.5) is 0 Å². The van der Waals surface area contributed by atoms with Gasteiger partial charge in [-0.3, -0.25) is 4.40 Å². The summed E-state index contributed by atoms with van der Waals surface area (Å²) in [5, 5.41) is 11.5. The number of fused-ring (bicyclic) bond motifs is 3. The van der Waals surface area contributed by atoms with Crippen molar-refractivity contribution in [1.29, 1.82) is 0 Å². The van der Waals surface area contributed by atoms with Gasteiger partial charge < -0.3 is 14.6 Å². The van der Waals surface area contributed by atoms with Gasteiger partial charge >= 0.3 is 0 Å². The maximum Gasteiger partial charge on any atom is 0.158 e. The molecule has 1 N–H and O–H groups in total. The van der Waals surface area contributed by atoms with E-state index in [1.54, 1.807) is 7.11 Å². The molecule has 118 valence electrons. The van der Waals surface area contributed by atoms with Crippen molar-refractivity contribution in [2.75, 3.05) is 13.7 Å². The van der Waals surface area contributed by atoms with Crippen LogP contribution >= 0.6 is 15.9 Å². The summed E-state index contributed by atoms with van der Waals surface area (Å²) >= 11 is 3.48. The Morgan fingerprint density at radius 1 is 1.30 bits per heavy atom. The van der Waals surface area contributed by atoms with Crippen molar-refractivity contribution in [3.05, 3.63) is 64.0 Å². The molecule has 2 aromatic heterocycles. The zero-order valence-electron chi connectivity index (χ0n) is 12.5. The molecule has 0 radical (unpaired) electrons. The standard InChI is InChI=1S/C17H15BrN2O3/c1-22-14-5-3-2-4-12(14)17(21)10-23-9-13-16(17)20-8-11(18)6-7-15(20)19-13/h2-8,21H,9-10H2,1H3. The fourth-order valence-electron chi connectivity index (χ4n) is 3.16. The summed E-state index contributed by atoms with van der Waals surface area (Å²) in [7, 11) is 1.60. The summed E-state index contributed by atoms with van der Waals surface area (Å²) in [6.07, 6.45) is 1.91. The Kier molecular flexibility index (Phi) is 3.41. The van der Waals surface area contributed by atoms with Crippen molar-refractivity contribution in [2.24, 2.45) is 0 Å². The number of imidazole rings is 1. The van der Waals surface area contributed by atoms with E-state index in [0.717, 1.165) is 21.5 Å². The molecule has 23 heavy (non-hydrogen) atoms. The molecule has 1 unspecified atom stereocenters. The van der Waals surface area contributed by atoms with E-state index in [2.05, 4.69) is 20.9 Å². The number of aliphatic hydroxyl groups is 1. The lowest BCUT2D eigenvalue weighted by Gasteiger charge is -2.33. The van der Waals surface area contributed by atoms with Crippen LogP contribution in [0.3, 0.4) is 0 Å². The zero-order valence-corrected chi connectivity index (χ0v) is 14.1. The Morgan fingerprint density at radius 2 is 2.13 bits per heavy atom. The van der Waals surface area contributed by atoms with E-state index in [1.807, 2.05) is 47.0 Å². The third kappa shape index (κ3) is 2.17. The van der Waals surface area contributed by atoms with Gasteiger partial charge in [-0.2, -0.15) is 0 Å². The molecule has 6 heteroatoms. The largest absolute Gasteiger partial charge is 0.496 e. The van der Waals surface area contributed by atoms with Gasteiger partial charge in [0.2, 0.25) is 0 Å². The van der Waals surface area contributed by atoms with Crippen LogP contribution in [0.1, 0.15) is 17.0 Å². The molecule has 1 aliphatic heterocycles. The van der Waals surface area contributed by atoms with Crippen LogP contribution in [0.15, 0.2) is 47.1 Å². The first-order chi connectivity index (χ1) is 11.1. The Morgan fingerprint density at radius 3 is 2.96 bits per heavy atom. The molecule has 0 spiro atoms. The minimum Gasteiger partial charge on any atom is -0.496 e. The number of ether oxygens (including phenoxy) is 2. The van der Waals surface area contributed by atoms with Crippen LogP contribution in [0.25, 0.3) is 5.65 Å². The lowest BCUT2D eigenvalue weighted by molar-refractivity contribution is -0.0510. The summed E-state index contributed by atoms with van der Waals surface area (Å²) < 4.78 is 13.9. The van der Waals surface area contributed by atoms with Gasteiger partial charge in [0.1, 0.15) is 11.4 Å². The predicted octanol–water partition coefficient (Wildman–Crippen LogP) is 2.87. The van der Waals surface area contributed by atoms with E-state index in [9.17, 15) is 5.11 Å². The SMILES string of the molecule is COc1ccccc1C1(O)COCc2nc3ccc(Br)cn3c21. The normalized spacial score (nSPS) is 20.5. The van der Waals surface area contributed by atoms with Crippen LogP contribution < -0.4 is 4.74 Å². The molecule has 5 nitrogen and oxygen atoms in total. The summed E-state index contributed by atoms with van der Waals surface area (Å²) in [4.78, 5) is 4.59. The summed E-state index contributed by atoms with van der Waals surface area (Å²) in [6.45, 7) is 0.534. The van der Waals surface area contributed by atoms with Crippen LogP contribution in [0.2, 0.25) is 0 Å². The van der Waals surface area contributed by atoms with Crippen LogP contribution in [0, 0.1) is 0 Å². The van der Waals surface area contributed by atoms with Crippen LogP contribution in [-0.2, 0) is 16.9 Å². The summed E-state index contributed by atoms with van der Waals surface area (Å²) in [5.74, 6) is 0.622. The molecule has 0 fully saturated rings. The minimum atomic E-state index is -1.32. The van der Waals surface area contributed by atoms with Gasteiger partial charge in [-0.25, -0.2) is 4.98 Å². The molecule has 0 saturated carbocycles. The predicted molar refractivity (Wildman–Crippen MR) is 88.5 cm³/mol. The first-order valence-electron chi connectivity index (χ1n) is 7.24. The van der Waals surface area contributed by atoms with E-state index in [1.165, 1.54) is 0 Å². The van der Waals surface area contributed by atoms with E-state index >= 15 is 0 Å². The highest BCUT2D eigenvalue weighted by atomic mass is 79.9. The highest BCUT2D eigenvalue weighted by Gasteiger charge is 2.42. The Bertz CT molecular complexity index is 893. The van der Waals surface area contributed by atoms with E-state index in [4.69, 9.17) is 9.47 Å². The van der Waals surface area contributed by atoms with Gasteiger partial charge in [0, 0.05) is 16.2 Å². The third-order valence-electron chi connectivity index (χ3n) is 4.15. The second-order valence-corrected chi connectivity index (χ2v) is 6.45. The second-order valence-electron chi connectivity index (χ2n) is 5.54.